The number of carbonyl (C=O) groups is 1. The van der Waals surface area contributed by atoms with Crippen molar-refractivity contribution in [3.63, 3.8) is 0 Å². The van der Waals surface area contributed by atoms with E-state index in [4.69, 9.17) is 23.2 Å². The molecule has 4 aromatic carbocycles. The van der Waals surface area contributed by atoms with E-state index in [1.165, 1.54) is 12.1 Å². The summed E-state index contributed by atoms with van der Waals surface area (Å²) in [5, 5.41) is 3.76. The summed E-state index contributed by atoms with van der Waals surface area (Å²) < 4.78 is 29.2. The molecule has 0 aliphatic rings. The minimum Gasteiger partial charge on any atom is -0.344 e. The third kappa shape index (κ3) is 7.00. The number of amides is 1. The highest BCUT2D eigenvalue weighted by Gasteiger charge is 2.29. The number of benzene rings is 4. The van der Waals surface area contributed by atoms with Crippen molar-refractivity contribution < 1.29 is 13.2 Å². The second-order valence-corrected chi connectivity index (χ2v) is 12.0. The Morgan fingerprint density at radius 2 is 1.41 bits per heavy atom. The van der Waals surface area contributed by atoms with Gasteiger partial charge in [0.25, 0.3) is 0 Å². The zero-order valence-electron chi connectivity index (χ0n) is 19.5. The van der Waals surface area contributed by atoms with Crippen LogP contribution < -0.4 is 5.32 Å². The fraction of sp³-hybridized carbons (Fsp3) is 0.107. The number of nitrogens with one attached hydrogen (secondary N) is 1. The first-order valence-corrected chi connectivity index (χ1v) is 14.3. The highest BCUT2D eigenvalue weighted by Crippen LogP contribution is 2.27. The summed E-state index contributed by atoms with van der Waals surface area (Å²) in [4.78, 5) is 13.5. The Hall–Kier alpha value is -2.68. The maximum Gasteiger partial charge on any atom is 0.243 e. The number of halogens is 3. The van der Waals surface area contributed by atoms with Gasteiger partial charge in [-0.05, 0) is 53.1 Å². The van der Waals surface area contributed by atoms with Crippen LogP contribution in [0.15, 0.2) is 112 Å². The summed E-state index contributed by atoms with van der Waals surface area (Å²) in [6, 6.07) is 29.7. The van der Waals surface area contributed by atoms with Gasteiger partial charge in [0.2, 0.25) is 15.9 Å². The Balaban J connectivity index is 1.65. The molecular formula is C28H23BrCl2N2O3S. The minimum absolute atomic E-state index is 0.0660. The molecule has 0 bridgehead atoms. The van der Waals surface area contributed by atoms with E-state index in [9.17, 15) is 13.2 Å². The SMILES string of the molecule is O=C(CN(Cc1ccc(Cl)cc1Cl)S(=O)(=O)c1ccc(Br)cc1)NC(c1ccccc1)c1ccccc1. The second kappa shape index (κ2) is 12.2. The molecule has 0 aliphatic heterocycles. The number of rotatable bonds is 9. The van der Waals surface area contributed by atoms with Gasteiger partial charge in [-0.3, -0.25) is 4.79 Å². The predicted molar refractivity (Wildman–Crippen MR) is 151 cm³/mol. The molecule has 0 aliphatic carbocycles. The number of nitrogens with zero attached hydrogens (tertiary/aromatic N) is 1. The van der Waals surface area contributed by atoms with E-state index >= 15 is 0 Å². The number of sulfonamides is 1. The molecule has 0 saturated heterocycles. The first kappa shape index (κ1) is 27.4. The van der Waals surface area contributed by atoms with Crippen LogP contribution in [0.1, 0.15) is 22.7 Å². The lowest BCUT2D eigenvalue weighted by molar-refractivity contribution is -0.121. The Bertz CT molecular complexity index is 1430. The van der Waals surface area contributed by atoms with E-state index in [0.717, 1.165) is 19.9 Å². The standard InChI is InChI=1S/C28H23BrCl2N2O3S/c29-23-12-15-25(16-13-23)37(35,36)33(18-22-11-14-24(30)17-26(22)31)19-27(34)32-28(20-7-3-1-4-8-20)21-9-5-2-6-10-21/h1-17,28H,18-19H2,(H,32,34). The first-order valence-electron chi connectivity index (χ1n) is 11.3. The third-order valence-electron chi connectivity index (χ3n) is 5.70. The van der Waals surface area contributed by atoms with E-state index in [-0.39, 0.29) is 11.4 Å². The van der Waals surface area contributed by atoms with Gasteiger partial charge in [-0.15, -0.1) is 0 Å². The Labute approximate surface area is 235 Å². The van der Waals surface area contributed by atoms with Gasteiger partial charge < -0.3 is 5.32 Å². The second-order valence-electron chi connectivity index (χ2n) is 8.28. The van der Waals surface area contributed by atoms with Gasteiger partial charge in [0.15, 0.2) is 0 Å². The van der Waals surface area contributed by atoms with Crippen LogP contribution in [0.4, 0.5) is 0 Å². The van der Waals surface area contributed by atoms with Crippen LogP contribution in [0, 0.1) is 0 Å². The molecule has 0 aromatic heterocycles. The fourth-order valence-electron chi connectivity index (χ4n) is 3.84. The maximum absolute atomic E-state index is 13.6. The lowest BCUT2D eigenvalue weighted by atomic mass is 9.99. The molecule has 37 heavy (non-hydrogen) atoms. The number of hydrogen-bond donors (Lipinski definition) is 1. The molecule has 4 rings (SSSR count). The molecule has 0 spiro atoms. The normalized spacial score (nSPS) is 11.6. The van der Waals surface area contributed by atoms with Crippen molar-refractivity contribution in [2.45, 2.75) is 17.5 Å². The lowest BCUT2D eigenvalue weighted by Crippen LogP contribution is -2.41. The van der Waals surface area contributed by atoms with Gasteiger partial charge in [0.05, 0.1) is 17.5 Å². The van der Waals surface area contributed by atoms with Gasteiger partial charge >= 0.3 is 0 Å². The van der Waals surface area contributed by atoms with Gasteiger partial charge in [0.1, 0.15) is 0 Å². The van der Waals surface area contributed by atoms with Crippen LogP contribution >= 0.6 is 39.1 Å². The molecule has 1 N–H and O–H groups in total. The van der Waals surface area contributed by atoms with Crippen LogP contribution in [-0.4, -0.2) is 25.2 Å². The van der Waals surface area contributed by atoms with Gasteiger partial charge in [0, 0.05) is 21.1 Å². The predicted octanol–water partition coefficient (Wildman–Crippen LogP) is 6.85. The highest BCUT2D eigenvalue weighted by molar-refractivity contribution is 9.10. The van der Waals surface area contributed by atoms with Crippen molar-refractivity contribution in [2.75, 3.05) is 6.54 Å². The quantitative estimate of drug-likeness (QED) is 0.223. The molecule has 0 radical (unpaired) electrons. The lowest BCUT2D eigenvalue weighted by Gasteiger charge is -2.25. The third-order valence-corrected chi connectivity index (χ3v) is 8.63. The summed E-state index contributed by atoms with van der Waals surface area (Å²) in [6.45, 7) is -0.517. The largest absolute Gasteiger partial charge is 0.344 e. The molecule has 190 valence electrons. The monoisotopic (exact) mass is 616 g/mol. The van der Waals surface area contributed by atoms with E-state index in [1.54, 1.807) is 30.3 Å². The van der Waals surface area contributed by atoms with Crippen LogP contribution in [0.5, 0.6) is 0 Å². The summed E-state index contributed by atoms with van der Waals surface area (Å²) >= 11 is 15.7. The summed E-state index contributed by atoms with van der Waals surface area (Å²) in [5.74, 6) is -0.455. The first-order chi connectivity index (χ1) is 17.7. The Kier molecular flexibility index (Phi) is 9.05. The van der Waals surface area contributed by atoms with Crippen molar-refractivity contribution in [3.05, 3.63) is 134 Å². The molecular weight excluding hydrogens is 595 g/mol. The van der Waals surface area contributed by atoms with E-state index in [1.807, 2.05) is 60.7 Å². The average molecular weight is 618 g/mol. The van der Waals surface area contributed by atoms with Gasteiger partial charge in [-0.1, -0.05) is 106 Å². The number of carbonyl (C=O) groups excluding carboxylic acids is 1. The maximum atomic E-state index is 13.6. The van der Waals surface area contributed by atoms with Gasteiger partial charge in [-0.25, -0.2) is 8.42 Å². The topological polar surface area (TPSA) is 66.5 Å². The van der Waals surface area contributed by atoms with E-state index in [0.29, 0.717) is 15.6 Å². The molecule has 0 fully saturated rings. The van der Waals surface area contributed by atoms with Gasteiger partial charge in [-0.2, -0.15) is 4.31 Å². The summed E-state index contributed by atoms with van der Waals surface area (Å²) in [6.07, 6.45) is 0. The van der Waals surface area contributed by atoms with Crippen molar-refractivity contribution in [1.82, 2.24) is 9.62 Å². The van der Waals surface area contributed by atoms with Crippen molar-refractivity contribution in [2.24, 2.45) is 0 Å². The molecule has 0 saturated carbocycles. The zero-order chi connectivity index (χ0) is 26.4. The molecule has 4 aromatic rings. The molecule has 0 unspecified atom stereocenters. The Morgan fingerprint density at radius 3 is 1.95 bits per heavy atom. The summed E-state index contributed by atoms with van der Waals surface area (Å²) in [7, 11) is -4.04. The number of hydrogen-bond acceptors (Lipinski definition) is 3. The average Bonchev–Trinajstić information content (AvgIpc) is 2.89. The van der Waals surface area contributed by atoms with Crippen molar-refractivity contribution >= 4 is 55.1 Å². The Morgan fingerprint density at radius 1 is 0.838 bits per heavy atom. The molecule has 0 heterocycles. The van der Waals surface area contributed by atoms with Crippen LogP contribution in [0.3, 0.4) is 0 Å². The molecule has 1 amide bonds. The fourth-order valence-corrected chi connectivity index (χ4v) is 5.95. The van der Waals surface area contributed by atoms with E-state index in [2.05, 4.69) is 21.2 Å². The van der Waals surface area contributed by atoms with Crippen molar-refractivity contribution in [1.29, 1.82) is 0 Å². The van der Waals surface area contributed by atoms with Crippen LogP contribution in [0.2, 0.25) is 10.0 Å². The van der Waals surface area contributed by atoms with Crippen LogP contribution in [-0.2, 0) is 21.4 Å². The molecule has 9 heteroatoms. The highest BCUT2D eigenvalue weighted by atomic mass is 79.9. The minimum atomic E-state index is -4.04. The zero-order valence-corrected chi connectivity index (χ0v) is 23.4. The summed E-state index contributed by atoms with van der Waals surface area (Å²) in [5.41, 5.74) is 2.29. The van der Waals surface area contributed by atoms with Crippen LogP contribution in [0.25, 0.3) is 0 Å². The van der Waals surface area contributed by atoms with Crippen molar-refractivity contribution in [3.8, 4) is 0 Å². The molecule has 0 atom stereocenters. The molecule has 5 nitrogen and oxygen atoms in total. The van der Waals surface area contributed by atoms with E-state index < -0.39 is 28.5 Å². The smallest absolute Gasteiger partial charge is 0.243 e.